The van der Waals surface area contributed by atoms with E-state index in [2.05, 4.69) is 27.7 Å². The molecule has 8 heteroatoms. The van der Waals surface area contributed by atoms with Crippen LogP contribution in [0.3, 0.4) is 0 Å². The second-order valence-electron chi connectivity index (χ2n) is 6.80. The van der Waals surface area contributed by atoms with Gasteiger partial charge in [0.2, 0.25) is 5.91 Å². The maximum absolute atomic E-state index is 12.5. The molecule has 0 bridgehead atoms. The number of hydrogen-bond donors (Lipinski definition) is 1. The molecule has 2 rings (SSSR count). The number of morpholine rings is 1. The Kier molecular flexibility index (Phi) is 9.73. The van der Waals surface area contributed by atoms with Crippen LogP contribution in [0, 0.1) is 0 Å². The Morgan fingerprint density at radius 2 is 2.04 bits per heavy atom. The molecule has 1 saturated heterocycles. The molecule has 1 aromatic rings. The van der Waals surface area contributed by atoms with Gasteiger partial charge in [-0.1, -0.05) is 6.07 Å². The van der Waals surface area contributed by atoms with E-state index in [1.165, 1.54) is 4.88 Å². The van der Waals surface area contributed by atoms with Crippen molar-refractivity contribution in [2.45, 2.75) is 26.8 Å². The number of carbonyl (C=O) groups is 1. The van der Waals surface area contributed by atoms with Gasteiger partial charge in [-0.25, -0.2) is 0 Å². The van der Waals surface area contributed by atoms with Crippen molar-refractivity contribution in [2.24, 2.45) is 4.99 Å². The van der Waals surface area contributed by atoms with E-state index in [-0.39, 0.29) is 11.9 Å². The molecular formula is C20H35N5O2S. The molecule has 0 aromatic carbocycles. The van der Waals surface area contributed by atoms with Crippen molar-refractivity contribution in [2.75, 3.05) is 66.1 Å². The predicted octanol–water partition coefficient (Wildman–Crippen LogP) is 1.89. The molecule has 1 aromatic heterocycles. The van der Waals surface area contributed by atoms with Crippen LogP contribution in [0.15, 0.2) is 22.5 Å². The van der Waals surface area contributed by atoms with Gasteiger partial charge in [-0.05, 0) is 32.2 Å². The Balaban J connectivity index is 2.10. The standard InChI is InChI=1S/C20H35N5O2S/c1-5-21-20(23(4)16-19(26)24(6-2)7-3)22-15-17(18-9-8-14-28-18)25-10-12-27-13-11-25/h8-9,14,17H,5-7,10-13,15-16H2,1-4H3,(H,21,22). The first-order valence-electron chi connectivity index (χ1n) is 10.2. The monoisotopic (exact) mass is 409 g/mol. The molecule has 0 saturated carbocycles. The van der Waals surface area contributed by atoms with Crippen LogP contribution in [0.1, 0.15) is 31.7 Å². The van der Waals surface area contributed by atoms with Gasteiger partial charge in [-0.3, -0.25) is 14.7 Å². The number of aliphatic imine (C=N–C) groups is 1. The highest BCUT2D eigenvalue weighted by molar-refractivity contribution is 7.10. The van der Waals surface area contributed by atoms with Crippen molar-refractivity contribution in [3.8, 4) is 0 Å². The molecule has 1 amide bonds. The Morgan fingerprint density at radius 1 is 1.32 bits per heavy atom. The number of amides is 1. The zero-order valence-corrected chi connectivity index (χ0v) is 18.5. The van der Waals surface area contributed by atoms with Crippen LogP contribution in [0.4, 0.5) is 0 Å². The Labute approximate surface area is 173 Å². The lowest BCUT2D eigenvalue weighted by Crippen LogP contribution is -2.46. The smallest absolute Gasteiger partial charge is 0.242 e. The predicted molar refractivity (Wildman–Crippen MR) is 116 cm³/mol. The summed E-state index contributed by atoms with van der Waals surface area (Å²) in [4.78, 5) is 24.9. The number of nitrogens with zero attached hydrogens (tertiary/aromatic N) is 4. The second-order valence-corrected chi connectivity index (χ2v) is 7.78. The van der Waals surface area contributed by atoms with Crippen molar-refractivity contribution in [1.29, 1.82) is 0 Å². The molecule has 1 unspecified atom stereocenters. The lowest BCUT2D eigenvalue weighted by molar-refractivity contribution is -0.131. The summed E-state index contributed by atoms with van der Waals surface area (Å²) < 4.78 is 5.52. The quantitative estimate of drug-likeness (QED) is 0.499. The van der Waals surface area contributed by atoms with Gasteiger partial charge in [0.05, 0.1) is 32.3 Å². The first-order valence-corrected chi connectivity index (χ1v) is 11.1. The molecule has 0 aliphatic carbocycles. The molecule has 1 fully saturated rings. The molecule has 1 aliphatic heterocycles. The normalized spacial score (nSPS) is 16.6. The number of likely N-dealkylation sites (N-methyl/N-ethyl adjacent to an activating group) is 2. The van der Waals surface area contributed by atoms with Crippen LogP contribution in [0.2, 0.25) is 0 Å². The van der Waals surface area contributed by atoms with E-state index in [1.807, 2.05) is 37.6 Å². The molecule has 158 valence electrons. The largest absolute Gasteiger partial charge is 0.379 e. The molecule has 0 spiro atoms. The molecule has 2 heterocycles. The third kappa shape index (κ3) is 6.46. The van der Waals surface area contributed by atoms with Gasteiger partial charge in [0, 0.05) is 44.6 Å². The number of carbonyl (C=O) groups excluding carboxylic acids is 1. The first-order chi connectivity index (χ1) is 13.6. The van der Waals surface area contributed by atoms with Crippen LogP contribution in [0.25, 0.3) is 0 Å². The van der Waals surface area contributed by atoms with Gasteiger partial charge < -0.3 is 19.9 Å². The molecule has 1 atom stereocenters. The summed E-state index contributed by atoms with van der Waals surface area (Å²) in [7, 11) is 1.93. The maximum Gasteiger partial charge on any atom is 0.242 e. The van der Waals surface area contributed by atoms with Crippen LogP contribution in [-0.4, -0.2) is 92.6 Å². The molecule has 28 heavy (non-hydrogen) atoms. The van der Waals surface area contributed by atoms with E-state index < -0.39 is 0 Å². The van der Waals surface area contributed by atoms with Gasteiger partial charge in [-0.15, -0.1) is 11.3 Å². The Morgan fingerprint density at radius 3 is 2.61 bits per heavy atom. The number of hydrogen-bond acceptors (Lipinski definition) is 5. The average molecular weight is 410 g/mol. The topological polar surface area (TPSA) is 60.4 Å². The van der Waals surface area contributed by atoms with E-state index in [9.17, 15) is 4.79 Å². The number of ether oxygens (including phenoxy) is 1. The van der Waals surface area contributed by atoms with E-state index in [1.54, 1.807) is 11.3 Å². The third-order valence-corrected chi connectivity index (χ3v) is 5.93. The first kappa shape index (κ1) is 22.6. The minimum Gasteiger partial charge on any atom is -0.379 e. The SMILES string of the molecule is CCNC(=NCC(c1cccs1)N1CCOCC1)N(C)CC(=O)N(CC)CC. The summed E-state index contributed by atoms with van der Waals surface area (Å²) in [5.41, 5.74) is 0. The summed E-state index contributed by atoms with van der Waals surface area (Å²) in [5, 5.41) is 5.45. The molecule has 0 radical (unpaired) electrons. The number of guanidine groups is 1. The van der Waals surface area contributed by atoms with E-state index in [4.69, 9.17) is 9.73 Å². The summed E-state index contributed by atoms with van der Waals surface area (Å²) in [6.07, 6.45) is 0. The highest BCUT2D eigenvalue weighted by Crippen LogP contribution is 2.26. The molecule has 1 N–H and O–H groups in total. The van der Waals surface area contributed by atoms with Gasteiger partial charge in [0.1, 0.15) is 0 Å². The van der Waals surface area contributed by atoms with Gasteiger partial charge >= 0.3 is 0 Å². The van der Waals surface area contributed by atoms with Crippen LogP contribution in [0.5, 0.6) is 0 Å². The molecule has 1 aliphatic rings. The number of rotatable bonds is 9. The minimum absolute atomic E-state index is 0.126. The van der Waals surface area contributed by atoms with Crippen molar-refractivity contribution < 1.29 is 9.53 Å². The van der Waals surface area contributed by atoms with Gasteiger partial charge in [0.25, 0.3) is 0 Å². The van der Waals surface area contributed by atoms with Crippen molar-refractivity contribution in [3.05, 3.63) is 22.4 Å². The van der Waals surface area contributed by atoms with E-state index in [0.717, 1.165) is 51.9 Å². The third-order valence-electron chi connectivity index (χ3n) is 4.96. The molecular weight excluding hydrogens is 374 g/mol. The second kappa shape index (κ2) is 12.0. The average Bonchev–Trinajstić information content (AvgIpc) is 3.23. The van der Waals surface area contributed by atoms with Crippen molar-refractivity contribution in [3.63, 3.8) is 0 Å². The zero-order valence-electron chi connectivity index (χ0n) is 17.7. The molecule has 7 nitrogen and oxygen atoms in total. The van der Waals surface area contributed by atoms with Gasteiger partial charge in [-0.2, -0.15) is 0 Å². The highest BCUT2D eigenvalue weighted by Gasteiger charge is 2.24. The summed E-state index contributed by atoms with van der Waals surface area (Å²) in [5.74, 6) is 0.902. The summed E-state index contributed by atoms with van der Waals surface area (Å²) in [6, 6.07) is 4.52. The Bertz CT molecular complexity index is 598. The van der Waals surface area contributed by atoms with Crippen LogP contribution in [-0.2, 0) is 9.53 Å². The van der Waals surface area contributed by atoms with Crippen molar-refractivity contribution in [1.82, 2.24) is 20.0 Å². The van der Waals surface area contributed by atoms with Crippen LogP contribution >= 0.6 is 11.3 Å². The fraction of sp³-hybridized carbons (Fsp3) is 0.700. The highest BCUT2D eigenvalue weighted by atomic mass is 32.1. The lowest BCUT2D eigenvalue weighted by Gasteiger charge is -2.33. The maximum atomic E-state index is 12.5. The van der Waals surface area contributed by atoms with Crippen LogP contribution < -0.4 is 5.32 Å². The van der Waals surface area contributed by atoms with E-state index >= 15 is 0 Å². The summed E-state index contributed by atoms with van der Waals surface area (Å²) in [6.45, 7) is 12.7. The van der Waals surface area contributed by atoms with Gasteiger partial charge in [0.15, 0.2) is 5.96 Å². The number of thiophene rings is 1. The van der Waals surface area contributed by atoms with Crippen molar-refractivity contribution >= 4 is 23.2 Å². The number of nitrogens with one attached hydrogen (secondary N) is 1. The summed E-state index contributed by atoms with van der Waals surface area (Å²) >= 11 is 1.77. The fourth-order valence-electron chi connectivity index (χ4n) is 3.35. The zero-order chi connectivity index (χ0) is 20.4. The lowest BCUT2D eigenvalue weighted by atomic mass is 10.2. The fourth-order valence-corrected chi connectivity index (χ4v) is 4.20. The van der Waals surface area contributed by atoms with E-state index in [0.29, 0.717) is 13.1 Å². The Hall–Kier alpha value is -1.64. The minimum atomic E-state index is 0.126.